The number of hydrogen-bond donors (Lipinski definition) is 1. The highest BCUT2D eigenvalue weighted by Crippen LogP contribution is 2.08. The molecule has 0 spiro atoms. The average Bonchev–Trinajstić information content (AvgIpc) is 2.20. The maximum absolute atomic E-state index is 5.44. The molecule has 0 aromatic rings. The first-order valence-corrected chi connectivity index (χ1v) is 5.69. The molecule has 84 valence electrons. The zero-order valence-electron chi connectivity index (χ0n) is 9.42. The summed E-state index contributed by atoms with van der Waals surface area (Å²) in [6.45, 7) is 4.82. The summed E-state index contributed by atoms with van der Waals surface area (Å²) in [4.78, 5) is 0. The summed E-state index contributed by atoms with van der Waals surface area (Å²) in [7, 11) is 1.77. The van der Waals surface area contributed by atoms with E-state index in [9.17, 15) is 0 Å². The van der Waals surface area contributed by atoms with Crippen LogP contribution in [0.4, 0.5) is 0 Å². The fraction of sp³-hybridized carbons (Fsp3) is 1.00. The molecule has 1 aliphatic rings. The van der Waals surface area contributed by atoms with E-state index in [1.165, 1.54) is 25.7 Å². The summed E-state index contributed by atoms with van der Waals surface area (Å²) in [6, 6.07) is 1.03. The Kier molecular flexibility index (Phi) is 6.15. The lowest BCUT2D eigenvalue weighted by Gasteiger charge is -2.28. The lowest BCUT2D eigenvalue weighted by Crippen LogP contribution is -2.45. The molecule has 1 N–H and O–H groups in total. The minimum atomic E-state index is 0.497. The SMILES string of the molecule is CCCC(COC)NC1CCCOC1. The molecule has 14 heavy (non-hydrogen) atoms. The number of ether oxygens (including phenoxy) is 2. The van der Waals surface area contributed by atoms with Crippen molar-refractivity contribution >= 4 is 0 Å². The lowest BCUT2D eigenvalue weighted by atomic mass is 10.1. The molecule has 3 heteroatoms. The van der Waals surface area contributed by atoms with E-state index >= 15 is 0 Å². The highest BCUT2D eigenvalue weighted by atomic mass is 16.5. The van der Waals surface area contributed by atoms with Crippen LogP contribution in [0.3, 0.4) is 0 Å². The van der Waals surface area contributed by atoms with E-state index in [1.54, 1.807) is 7.11 Å². The van der Waals surface area contributed by atoms with Crippen LogP contribution in [0.25, 0.3) is 0 Å². The monoisotopic (exact) mass is 201 g/mol. The molecule has 1 saturated heterocycles. The van der Waals surface area contributed by atoms with Gasteiger partial charge in [0.15, 0.2) is 0 Å². The van der Waals surface area contributed by atoms with Gasteiger partial charge in [0.05, 0.1) is 13.2 Å². The first kappa shape index (κ1) is 12.0. The molecular weight excluding hydrogens is 178 g/mol. The van der Waals surface area contributed by atoms with Crippen molar-refractivity contribution in [3.63, 3.8) is 0 Å². The molecule has 0 radical (unpaired) electrons. The normalized spacial score (nSPS) is 24.9. The van der Waals surface area contributed by atoms with Crippen LogP contribution in [0.5, 0.6) is 0 Å². The summed E-state index contributed by atoms with van der Waals surface area (Å²) in [5, 5.41) is 3.61. The van der Waals surface area contributed by atoms with E-state index in [-0.39, 0.29) is 0 Å². The summed E-state index contributed by atoms with van der Waals surface area (Å²) in [6.07, 6.45) is 4.81. The Morgan fingerprint density at radius 3 is 3.00 bits per heavy atom. The van der Waals surface area contributed by atoms with Gasteiger partial charge in [0.2, 0.25) is 0 Å². The van der Waals surface area contributed by atoms with Crippen molar-refractivity contribution in [1.29, 1.82) is 0 Å². The molecule has 1 heterocycles. The zero-order valence-corrected chi connectivity index (χ0v) is 9.42. The molecule has 0 bridgehead atoms. The number of rotatable bonds is 6. The molecular formula is C11H23NO2. The molecule has 0 saturated carbocycles. The van der Waals surface area contributed by atoms with Crippen LogP contribution < -0.4 is 5.32 Å². The van der Waals surface area contributed by atoms with Crippen LogP contribution in [-0.2, 0) is 9.47 Å². The molecule has 1 aliphatic heterocycles. The van der Waals surface area contributed by atoms with Crippen molar-refractivity contribution in [2.45, 2.75) is 44.7 Å². The van der Waals surface area contributed by atoms with Gasteiger partial charge in [0.25, 0.3) is 0 Å². The standard InChI is InChI=1S/C11H23NO2/c1-3-5-10(8-13-2)12-11-6-4-7-14-9-11/h10-12H,3-9H2,1-2H3. The van der Waals surface area contributed by atoms with Crippen molar-refractivity contribution in [1.82, 2.24) is 5.32 Å². The highest BCUT2D eigenvalue weighted by molar-refractivity contribution is 4.75. The van der Waals surface area contributed by atoms with Crippen molar-refractivity contribution in [2.75, 3.05) is 26.9 Å². The molecule has 3 nitrogen and oxygen atoms in total. The van der Waals surface area contributed by atoms with Gasteiger partial charge in [-0.15, -0.1) is 0 Å². The van der Waals surface area contributed by atoms with Gasteiger partial charge in [0.1, 0.15) is 0 Å². The van der Waals surface area contributed by atoms with Crippen LogP contribution in [0.2, 0.25) is 0 Å². The summed E-state index contributed by atoms with van der Waals surface area (Å²) in [5.74, 6) is 0. The minimum Gasteiger partial charge on any atom is -0.383 e. The van der Waals surface area contributed by atoms with Gasteiger partial charge < -0.3 is 14.8 Å². The summed E-state index contributed by atoms with van der Waals surface area (Å²) >= 11 is 0. The van der Waals surface area contributed by atoms with Gasteiger partial charge in [-0.2, -0.15) is 0 Å². The van der Waals surface area contributed by atoms with Gasteiger partial charge in [-0.25, -0.2) is 0 Å². The summed E-state index contributed by atoms with van der Waals surface area (Å²) in [5.41, 5.74) is 0. The smallest absolute Gasteiger partial charge is 0.0619 e. The molecule has 0 aromatic heterocycles. The quantitative estimate of drug-likeness (QED) is 0.707. The van der Waals surface area contributed by atoms with Gasteiger partial charge >= 0.3 is 0 Å². The van der Waals surface area contributed by atoms with Gasteiger partial charge in [0, 0.05) is 25.8 Å². The Bertz CT molecular complexity index is 129. The highest BCUT2D eigenvalue weighted by Gasteiger charge is 2.17. The first-order chi connectivity index (χ1) is 6.86. The predicted octanol–water partition coefficient (Wildman–Crippen LogP) is 1.57. The number of methoxy groups -OCH3 is 1. The Morgan fingerprint density at radius 2 is 2.43 bits per heavy atom. The molecule has 2 unspecified atom stereocenters. The first-order valence-electron chi connectivity index (χ1n) is 5.69. The molecule has 2 atom stereocenters. The van der Waals surface area contributed by atoms with E-state index in [0.29, 0.717) is 12.1 Å². The Balaban J connectivity index is 2.21. The third-order valence-electron chi connectivity index (χ3n) is 2.64. The van der Waals surface area contributed by atoms with Crippen LogP contribution >= 0.6 is 0 Å². The van der Waals surface area contributed by atoms with E-state index in [2.05, 4.69) is 12.2 Å². The molecule has 0 aromatic carbocycles. The third-order valence-corrected chi connectivity index (χ3v) is 2.64. The second kappa shape index (κ2) is 7.21. The maximum atomic E-state index is 5.44. The number of hydrogen-bond acceptors (Lipinski definition) is 3. The maximum Gasteiger partial charge on any atom is 0.0619 e. The Labute approximate surface area is 87.2 Å². The Hall–Kier alpha value is -0.120. The van der Waals surface area contributed by atoms with Crippen molar-refractivity contribution < 1.29 is 9.47 Å². The van der Waals surface area contributed by atoms with Crippen LogP contribution in [0.15, 0.2) is 0 Å². The van der Waals surface area contributed by atoms with Gasteiger partial charge in [-0.1, -0.05) is 13.3 Å². The fourth-order valence-corrected chi connectivity index (χ4v) is 1.97. The lowest BCUT2D eigenvalue weighted by molar-refractivity contribution is 0.0584. The number of nitrogens with one attached hydrogen (secondary N) is 1. The van der Waals surface area contributed by atoms with Crippen molar-refractivity contribution in [3.05, 3.63) is 0 Å². The molecule has 0 aliphatic carbocycles. The van der Waals surface area contributed by atoms with Crippen molar-refractivity contribution in [2.24, 2.45) is 0 Å². The topological polar surface area (TPSA) is 30.5 Å². The van der Waals surface area contributed by atoms with Crippen molar-refractivity contribution in [3.8, 4) is 0 Å². The molecule has 1 fully saturated rings. The second-order valence-corrected chi connectivity index (χ2v) is 4.02. The average molecular weight is 201 g/mol. The van der Waals surface area contributed by atoms with Crippen LogP contribution in [-0.4, -0.2) is 39.0 Å². The van der Waals surface area contributed by atoms with Gasteiger partial charge in [-0.05, 0) is 19.3 Å². The Morgan fingerprint density at radius 1 is 1.57 bits per heavy atom. The predicted molar refractivity (Wildman–Crippen MR) is 57.5 cm³/mol. The molecule has 0 amide bonds. The van der Waals surface area contributed by atoms with Gasteiger partial charge in [-0.3, -0.25) is 0 Å². The zero-order chi connectivity index (χ0) is 10.2. The van der Waals surface area contributed by atoms with E-state index in [4.69, 9.17) is 9.47 Å². The third kappa shape index (κ3) is 4.40. The fourth-order valence-electron chi connectivity index (χ4n) is 1.97. The van der Waals surface area contributed by atoms with Crippen LogP contribution in [0, 0.1) is 0 Å². The minimum absolute atomic E-state index is 0.497. The molecule has 1 rings (SSSR count). The second-order valence-electron chi connectivity index (χ2n) is 4.02. The van der Waals surface area contributed by atoms with E-state index in [0.717, 1.165) is 19.8 Å². The van der Waals surface area contributed by atoms with Crippen LogP contribution in [0.1, 0.15) is 32.6 Å². The van der Waals surface area contributed by atoms with E-state index < -0.39 is 0 Å². The summed E-state index contributed by atoms with van der Waals surface area (Å²) < 4.78 is 10.6. The van der Waals surface area contributed by atoms with E-state index in [1.807, 2.05) is 0 Å². The largest absolute Gasteiger partial charge is 0.383 e.